The molecule has 0 spiro atoms. The molecule has 1 aromatic carbocycles. The Morgan fingerprint density at radius 1 is 1.42 bits per heavy atom. The molecule has 1 fully saturated rings. The van der Waals surface area contributed by atoms with Crippen LogP contribution < -0.4 is 10.1 Å². The van der Waals surface area contributed by atoms with Crippen molar-refractivity contribution in [2.75, 3.05) is 19.7 Å². The second-order valence-corrected chi connectivity index (χ2v) is 6.12. The molecule has 106 valence electrons. The molecule has 0 bridgehead atoms. The summed E-state index contributed by atoms with van der Waals surface area (Å²) in [4.78, 5) is 0. The van der Waals surface area contributed by atoms with Crippen LogP contribution >= 0.6 is 11.6 Å². The predicted octanol–water partition coefficient (Wildman–Crippen LogP) is 4.23. The van der Waals surface area contributed by atoms with E-state index < -0.39 is 0 Å². The lowest BCUT2D eigenvalue weighted by molar-refractivity contribution is 0.252. The van der Waals surface area contributed by atoms with Crippen LogP contribution in [0.15, 0.2) is 18.2 Å². The molecule has 1 aliphatic rings. The van der Waals surface area contributed by atoms with Crippen LogP contribution in [-0.2, 0) is 0 Å². The zero-order chi connectivity index (χ0) is 13.7. The van der Waals surface area contributed by atoms with Gasteiger partial charge in [0.15, 0.2) is 0 Å². The van der Waals surface area contributed by atoms with E-state index in [0.717, 1.165) is 36.3 Å². The summed E-state index contributed by atoms with van der Waals surface area (Å²) in [6.45, 7) is 7.45. The van der Waals surface area contributed by atoms with Crippen LogP contribution in [-0.4, -0.2) is 19.7 Å². The number of nitrogens with one attached hydrogen (secondary N) is 1. The van der Waals surface area contributed by atoms with Gasteiger partial charge < -0.3 is 10.1 Å². The van der Waals surface area contributed by atoms with E-state index in [0.29, 0.717) is 5.92 Å². The van der Waals surface area contributed by atoms with Crippen molar-refractivity contribution in [3.05, 3.63) is 28.8 Å². The molecule has 3 heteroatoms. The molecule has 0 radical (unpaired) electrons. The Hall–Kier alpha value is -0.730. The number of hydrogen-bond acceptors (Lipinski definition) is 2. The molecule has 1 atom stereocenters. The Balaban J connectivity index is 1.88. The average molecular weight is 282 g/mol. The minimum absolute atomic E-state index is 0.435. The van der Waals surface area contributed by atoms with Crippen LogP contribution in [0.2, 0.25) is 5.02 Å². The molecule has 1 unspecified atom stereocenters. The standard InChI is InChI=1S/C16H24ClNO/c1-12(2)15-10-14(17)5-6-16(15)19-9-7-13-4-3-8-18-11-13/h5-6,10,12-13,18H,3-4,7-9,11H2,1-2H3. The number of benzene rings is 1. The van der Waals surface area contributed by atoms with E-state index in [2.05, 4.69) is 19.2 Å². The molecule has 0 aromatic heterocycles. The lowest BCUT2D eigenvalue weighted by atomic mass is 9.97. The molecule has 1 heterocycles. The predicted molar refractivity (Wildman–Crippen MR) is 81.2 cm³/mol. The van der Waals surface area contributed by atoms with Gasteiger partial charge in [-0.3, -0.25) is 0 Å². The third-order valence-corrected chi connectivity index (χ3v) is 4.01. The topological polar surface area (TPSA) is 21.3 Å². The SMILES string of the molecule is CC(C)c1cc(Cl)ccc1OCCC1CCCNC1. The highest BCUT2D eigenvalue weighted by atomic mass is 35.5. The molecule has 19 heavy (non-hydrogen) atoms. The Labute approximate surface area is 121 Å². The number of hydrogen-bond donors (Lipinski definition) is 1. The minimum atomic E-state index is 0.435. The van der Waals surface area contributed by atoms with Crippen molar-refractivity contribution in [1.82, 2.24) is 5.32 Å². The first-order valence-electron chi connectivity index (χ1n) is 7.30. The fourth-order valence-corrected chi connectivity index (χ4v) is 2.79. The smallest absolute Gasteiger partial charge is 0.122 e. The van der Waals surface area contributed by atoms with E-state index in [1.165, 1.54) is 24.9 Å². The molecule has 1 saturated heterocycles. The Kier molecular flexibility index (Phi) is 5.53. The highest BCUT2D eigenvalue weighted by molar-refractivity contribution is 6.30. The summed E-state index contributed by atoms with van der Waals surface area (Å²) in [5.74, 6) is 2.19. The van der Waals surface area contributed by atoms with E-state index >= 15 is 0 Å². The van der Waals surface area contributed by atoms with Crippen molar-refractivity contribution >= 4 is 11.6 Å². The molecule has 2 rings (SSSR count). The second kappa shape index (κ2) is 7.16. The number of piperidine rings is 1. The quantitative estimate of drug-likeness (QED) is 0.872. The van der Waals surface area contributed by atoms with Gasteiger partial charge in [0, 0.05) is 5.02 Å². The third kappa shape index (κ3) is 4.39. The molecule has 2 nitrogen and oxygen atoms in total. The maximum Gasteiger partial charge on any atom is 0.122 e. The van der Waals surface area contributed by atoms with Gasteiger partial charge in [-0.05, 0) is 68.0 Å². The van der Waals surface area contributed by atoms with E-state index in [9.17, 15) is 0 Å². The summed E-state index contributed by atoms with van der Waals surface area (Å²) in [6.07, 6.45) is 3.75. The van der Waals surface area contributed by atoms with Gasteiger partial charge in [0.1, 0.15) is 5.75 Å². The first-order valence-corrected chi connectivity index (χ1v) is 7.67. The minimum Gasteiger partial charge on any atom is -0.493 e. The van der Waals surface area contributed by atoms with Crippen LogP contribution in [0, 0.1) is 5.92 Å². The van der Waals surface area contributed by atoms with Gasteiger partial charge in [-0.15, -0.1) is 0 Å². The summed E-state index contributed by atoms with van der Waals surface area (Å²) in [5, 5.41) is 4.23. The van der Waals surface area contributed by atoms with E-state index in [-0.39, 0.29) is 0 Å². The zero-order valence-corrected chi connectivity index (χ0v) is 12.7. The maximum atomic E-state index is 6.05. The molecular weight excluding hydrogens is 258 g/mol. The Morgan fingerprint density at radius 3 is 2.95 bits per heavy atom. The molecule has 0 amide bonds. The molecule has 0 aliphatic carbocycles. The van der Waals surface area contributed by atoms with Crippen LogP contribution in [0.1, 0.15) is 44.6 Å². The molecule has 0 saturated carbocycles. The van der Waals surface area contributed by atoms with Gasteiger partial charge in [-0.25, -0.2) is 0 Å². The lowest BCUT2D eigenvalue weighted by Crippen LogP contribution is -2.30. The van der Waals surface area contributed by atoms with Crippen molar-refractivity contribution in [1.29, 1.82) is 0 Å². The Bertz CT molecular complexity index is 400. The van der Waals surface area contributed by atoms with E-state index in [4.69, 9.17) is 16.3 Å². The largest absolute Gasteiger partial charge is 0.493 e. The van der Waals surface area contributed by atoms with Gasteiger partial charge in [-0.2, -0.15) is 0 Å². The van der Waals surface area contributed by atoms with Crippen LogP contribution in [0.4, 0.5) is 0 Å². The third-order valence-electron chi connectivity index (χ3n) is 3.78. The zero-order valence-electron chi connectivity index (χ0n) is 11.9. The van der Waals surface area contributed by atoms with Crippen molar-refractivity contribution in [3.8, 4) is 5.75 Å². The summed E-state index contributed by atoms with van der Waals surface area (Å²) in [7, 11) is 0. The lowest BCUT2D eigenvalue weighted by Gasteiger charge is -2.23. The fourth-order valence-electron chi connectivity index (χ4n) is 2.61. The maximum absolute atomic E-state index is 6.05. The number of ether oxygens (including phenoxy) is 1. The molecular formula is C16H24ClNO. The first-order chi connectivity index (χ1) is 9.16. The molecule has 1 N–H and O–H groups in total. The van der Waals surface area contributed by atoms with Crippen LogP contribution in [0.5, 0.6) is 5.75 Å². The summed E-state index contributed by atoms with van der Waals surface area (Å²) >= 11 is 6.05. The number of halogens is 1. The van der Waals surface area contributed by atoms with E-state index in [1.54, 1.807) is 0 Å². The summed E-state index contributed by atoms with van der Waals surface area (Å²) in [6, 6.07) is 5.92. The molecule has 1 aliphatic heterocycles. The first kappa shape index (κ1) is 14.7. The van der Waals surface area contributed by atoms with E-state index in [1.807, 2.05) is 18.2 Å². The highest BCUT2D eigenvalue weighted by Crippen LogP contribution is 2.29. The molecule has 1 aromatic rings. The van der Waals surface area contributed by atoms with Crippen molar-refractivity contribution < 1.29 is 4.74 Å². The van der Waals surface area contributed by atoms with Gasteiger partial charge in [-0.1, -0.05) is 25.4 Å². The van der Waals surface area contributed by atoms with Crippen molar-refractivity contribution in [2.24, 2.45) is 5.92 Å². The van der Waals surface area contributed by atoms with Gasteiger partial charge in [0.05, 0.1) is 6.61 Å². The fraction of sp³-hybridized carbons (Fsp3) is 0.625. The van der Waals surface area contributed by atoms with Gasteiger partial charge in [0.2, 0.25) is 0 Å². The van der Waals surface area contributed by atoms with Gasteiger partial charge in [0.25, 0.3) is 0 Å². The van der Waals surface area contributed by atoms with Gasteiger partial charge >= 0.3 is 0 Å². The summed E-state index contributed by atoms with van der Waals surface area (Å²) in [5.41, 5.74) is 1.20. The summed E-state index contributed by atoms with van der Waals surface area (Å²) < 4.78 is 5.97. The normalized spacial score (nSPS) is 19.7. The highest BCUT2D eigenvalue weighted by Gasteiger charge is 2.14. The number of rotatable bonds is 5. The van der Waals surface area contributed by atoms with Crippen molar-refractivity contribution in [2.45, 2.75) is 39.0 Å². The Morgan fingerprint density at radius 2 is 2.26 bits per heavy atom. The monoisotopic (exact) mass is 281 g/mol. The second-order valence-electron chi connectivity index (χ2n) is 5.69. The van der Waals surface area contributed by atoms with Crippen molar-refractivity contribution in [3.63, 3.8) is 0 Å². The average Bonchev–Trinajstić information content (AvgIpc) is 2.41. The van der Waals surface area contributed by atoms with Crippen LogP contribution in [0.3, 0.4) is 0 Å². The van der Waals surface area contributed by atoms with Crippen LogP contribution in [0.25, 0.3) is 0 Å².